The van der Waals surface area contributed by atoms with Gasteiger partial charge < -0.3 is 5.11 Å². The first kappa shape index (κ1) is 7.02. The van der Waals surface area contributed by atoms with Gasteiger partial charge in [0.25, 0.3) is 0 Å². The van der Waals surface area contributed by atoms with Crippen LogP contribution in [0.3, 0.4) is 0 Å². The molecule has 1 aliphatic carbocycles. The molecule has 0 radical (unpaired) electrons. The average molecular weight is 165 g/mol. The minimum Gasteiger partial charge on any atom is -0.478 e. The Bertz CT molecular complexity index is 353. The number of rotatable bonds is 1. The van der Waals surface area contributed by atoms with Crippen molar-refractivity contribution in [3.63, 3.8) is 0 Å². The van der Waals surface area contributed by atoms with Crippen LogP contribution in [0.4, 0.5) is 0 Å². The zero-order chi connectivity index (χ0) is 8.55. The number of carboxylic acids is 1. The van der Waals surface area contributed by atoms with Crippen molar-refractivity contribution >= 4 is 12.0 Å². The van der Waals surface area contributed by atoms with Gasteiger partial charge in [0.1, 0.15) is 5.69 Å². The lowest BCUT2D eigenvalue weighted by Gasteiger charge is -2.05. The molecule has 0 amide bonds. The molecule has 1 aromatic heterocycles. The summed E-state index contributed by atoms with van der Waals surface area (Å²) in [4.78, 5) is 10.6. The molecule has 0 unspecified atom stereocenters. The second kappa shape index (κ2) is 2.44. The Morgan fingerprint density at radius 2 is 2.33 bits per heavy atom. The van der Waals surface area contributed by atoms with Crippen LogP contribution in [0.25, 0.3) is 6.08 Å². The molecule has 2 N–H and O–H groups in total. The zero-order valence-corrected chi connectivity index (χ0v) is 6.24. The Hall–Kier alpha value is -1.65. The van der Waals surface area contributed by atoms with Crippen molar-refractivity contribution < 1.29 is 9.90 Å². The first-order valence-corrected chi connectivity index (χ1v) is 3.61. The summed E-state index contributed by atoms with van der Waals surface area (Å²) in [6.45, 7) is 0. The van der Waals surface area contributed by atoms with Gasteiger partial charge in [-0.05, 0) is 18.9 Å². The van der Waals surface area contributed by atoms with Crippen molar-refractivity contribution in [2.24, 2.45) is 0 Å². The number of H-pyrrole nitrogens is 1. The third-order valence-electron chi connectivity index (χ3n) is 1.87. The van der Waals surface area contributed by atoms with Crippen LogP contribution in [0.2, 0.25) is 0 Å². The number of carboxylic acid groups (broad SMARTS) is 1. The van der Waals surface area contributed by atoms with Crippen LogP contribution in [0, 0.1) is 0 Å². The van der Waals surface area contributed by atoms with Gasteiger partial charge >= 0.3 is 5.97 Å². The number of nitrogens with zero attached hydrogens (tertiary/aromatic N) is 2. The van der Waals surface area contributed by atoms with Gasteiger partial charge in [0.2, 0.25) is 0 Å². The minimum absolute atomic E-state index is 0.399. The van der Waals surface area contributed by atoms with Crippen LogP contribution >= 0.6 is 0 Å². The molecule has 0 saturated heterocycles. The summed E-state index contributed by atoms with van der Waals surface area (Å²) in [6.07, 6.45) is 2.75. The van der Waals surface area contributed by atoms with E-state index >= 15 is 0 Å². The number of aryl methyl sites for hydroxylation is 1. The summed E-state index contributed by atoms with van der Waals surface area (Å²) in [7, 11) is 0. The van der Waals surface area contributed by atoms with Crippen LogP contribution in [0.15, 0.2) is 5.57 Å². The van der Waals surface area contributed by atoms with Crippen molar-refractivity contribution in [1.82, 2.24) is 15.4 Å². The van der Waals surface area contributed by atoms with E-state index in [4.69, 9.17) is 5.11 Å². The molecule has 5 nitrogen and oxygen atoms in total. The SMILES string of the molecule is O=C(O)C1=Cc2n[nH]nc2CC1. The number of fused-ring (bicyclic) bond motifs is 1. The standard InChI is InChI=1S/C7H7N3O2/c11-7(12)4-1-2-5-6(3-4)9-10-8-5/h3H,1-2H2,(H,11,12)(H,8,9,10). The van der Waals surface area contributed by atoms with Gasteiger partial charge in [0.15, 0.2) is 0 Å². The summed E-state index contributed by atoms with van der Waals surface area (Å²) in [5.41, 5.74) is 1.90. The molecule has 1 aliphatic rings. The molecule has 0 bridgehead atoms. The fourth-order valence-electron chi connectivity index (χ4n) is 1.22. The molecule has 5 heteroatoms. The fourth-order valence-corrected chi connectivity index (χ4v) is 1.22. The third-order valence-corrected chi connectivity index (χ3v) is 1.87. The van der Waals surface area contributed by atoms with E-state index in [9.17, 15) is 4.79 Å². The maximum absolute atomic E-state index is 10.6. The van der Waals surface area contributed by atoms with Crippen molar-refractivity contribution in [1.29, 1.82) is 0 Å². The predicted octanol–water partition coefficient (Wildman–Crippen LogP) is 0.219. The largest absolute Gasteiger partial charge is 0.478 e. The van der Waals surface area contributed by atoms with E-state index in [1.165, 1.54) is 0 Å². The summed E-state index contributed by atoms with van der Waals surface area (Å²) < 4.78 is 0. The van der Waals surface area contributed by atoms with E-state index in [1.807, 2.05) is 0 Å². The molecule has 0 saturated carbocycles. The lowest BCUT2D eigenvalue weighted by molar-refractivity contribution is -0.132. The Labute approximate surface area is 68.1 Å². The van der Waals surface area contributed by atoms with Crippen LogP contribution in [0.5, 0.6) is 0 Å². The fraction of sp³-hybridized carbons (Fsp3) is 0.286. The van der Waals surface area contributed by atoms with Crippen LogP contribution in [-0.4, -0.2) is 26.5 Å². The number of hydrogen-bond donors (Lipinski definition) is 2. The number of aromatic amines is 1. The maximum atomic E-state index is 10.6. The van der Waals surface area contributed by atoms with E-state index in [-0.39, 0.29) is 0 Å². The van der Waals surface area contributed by atoms with Crippen molar-refractivity contribution in [3.05, 3.63) is 17.0 Å². The quantitative estimate of drug-likeness (QED) is 0.623. The van der Waals surface area contributed by atoms with E-state index < -0.39 is 5.97 Å². The lowest BCUT2D eigenvalue weighted by atomic mass is 10.0. The molecule has 0 aliphatic heterocycles. The molecule has 2 rings (SSSR count). The van der Waals surface area contributed by atoms with Gasteiger partial charge in [-0.25, -0.2) is 4.79 Å². The number of nitrogens with one attached hydrogen (secondary N) is 1. The smallest absolute Gasteiger partial charge is 0.331 e. The topological polar surface area (TPSA) is 78.9 Å². The molecule has 0 aromatic carbocycles. The second-order valence-corrected chi connectivity index (χ2v) is 2.63. The van der Waals surface area contributed by atoms with Gasteiger partial charge in [-0.1, -0.05) is 0 Å². The third kappa shape index (κ3) is 0.990. The number of aliphatic carboxylic acids is 1. The number of hydrogen-bond acceptors (Lipinski definition) is 3. The highest BCUT2D eigenvalue weighted by Gasteiger charge is 2.17. The van der Waals surface area contributed by atoms with Gasteiger partial charge in [-0.2, -0.15) is 15.4 Å². The molecular formula is C7H7N3O2. The Morgan fingerprint density at radius 1 is 1.50 bits per heavy atom. The highest BCUT2D eigenvalue weighted by molar-refractivity contribution is 5.92. The van der Waals surface area contributed by atoms with Crippen molar-refractivity contribution in [3.8, 4) is 0 Å². The van der Waals surface area contributed by atoms with E-state index in [0.29, 0.717) is 24.1 Å². The normalized spacial score (nSPS) is 15.2. The summed E-state index contributed by atoms with van der Waals surface area (Å²) >= 11 is 0. The zero-order valence-electron chi connectivity index (χ0n) is 6.24. The van der Waals surface area contributed by atoms with E-state index in [0.717, 1.165) is 5.69 Å². The van der Waals surface area contributed by atoms with Crippen molar-refractivity contribution in [2.75, 3.05) is 0 Å². The van der Waals surface area contributed by atoms with Crippen LogP contribution in [0.1, 0.15) is 17.8 Å². The summed E-state index contributed by atoms with van der Waals surface area (Å²) in [5.74, 6) is -0.872. The van der Waals surface area contributed by atoms with Crippen LogP contribution < -0.4 is 0 Å². The van der Waals surface area contributed by atoms with E-state index in [1.54, 1.807) is 6.08 Å². The molecule has 0 fully saturated rings. The molecule has 1 heterocycles. The van der Waals surface area contributed by atoms with Gasteiger partial charge in [0.05, 0.1) is 5.69 Å². The predicted molar refractivity (Wildman–Crippen MR) is 40.3 cm³/mol. The minimum atomic E-state index is -0.872. The number of aromatic nitrogens is 3. The Morgan fingerprint density at radius 3 is 3.08 bits per heavy atom. The van der Waals surface area contributed by atoms with E-state index in [2.05, 4.69) is 15.4 Å². The van der Waals surface area contributed by atoms with Gasteiger partial charge in [-0.15, -0.1) is 0 Å². The second-order valence-electron chi connectivity index (χ2n) is 2.63. The summed E-state index contributed by atoms with van der Waals surface area (Å²) in [5, 5.41) is 18.8. The van der Waals surface area contributed by atoms with Crippen molar-refractivity contribution in [2.45, 2.75) is 12.8 Å². The molecule has 12 heavy (non-hydrogen) atoms. The molecule has 0 atom stereocenters. The Kier molecular flexibility index (Phi) is 1.43. The lowest BCUT2D eigenvalue weighted by Crippen LogP contribution is -2.06. The first-order chi connectivity index (χ1) is 5.77. The average Bonchev–Trinajstić information content (AvgIpc) is 2.49. The molecule has 0 spiro atoms. The molecular weight excluding hydrogens is 158 g/mol. The van der Waals surface area contributed by atoms with Gasteiger partial charge in [-0.3, -0.25) is 0 Å². The molecule has 62 valence electrons. The maximum Gasteiger partial charge on any atom is 0.331 e. The monoisotopic (exact) mass is 165 g/mol. The number of carbonyl (C=O) groups is 1. The Balaban J connectivity index is 2.41. The van der Waals surface area contributed by atoms with Crippen LogP contribution in [-0.2, 0) is 11.2 Å². The highest BCUT2D eigenvalue weighted by atomic mass is 16.4. The highest BCUT2D eigenvalue weighted by Crippen LogP contribution is 2.19. The van der Waals surface area contributed by atoms with Gasteiger partial charge in [0, 0.05) is 5.57 Å². The summed E-state index contributed by atoms with van der Waals surface area (Å²) in [6, 6.07) is 0. The molecule has 1 aromatic rings. The first-order valence-electron chi connectivity index (χ1n) is 3.61.